The van der Waals surface area contributed by atoms with E-state index in [0.29, 0.717) is 0 Å². The van der Waals surface area contributed by atoms with Crippen molar-refractivity contribution < 1.29 is 21.9 Å². The highest BCUT2D eigenvalue weighted by molar-refractivity contribution is 8.13. The van der Waals surface area contributed by atoms with Crippen molar-refractivity contribution in [3.05, 3.63) is 24.0 Å². The minimum atomic E-state index is -4.08. The third-order valence-electron chi connectivity index (χ3n) is 1.70. The van der Waals surface area contributed by atoms with Gasteiger partial charge in [-0.25, -0.2) is 12.8 Å². The molecule has 0 amide bonds. The van der Waals surface area contributed by atoms with Crippen LogP contribution in [0.3, 0.4) is 0 Å². The number of benzene rings is 1. The first-order valence-corrected chi connectivity index (χ1v) is 6.69. The van der Waals surface area contributed by atoms with Crippen LogP contribution in [0.4, 0.5) is 8.78 Å². The van der Waals surface area contributed by atoms with Crippen LogP contribution in [0.1, 0.15) is 6.42 Å². The summed E-state index contributed by atoms with van der Waals surface area (Å²) in [6, 6.07) is 2.94. The molecule has 0 fully saturated rings. The highest BCUT2D eigenvalue weighted by atomic mass is 35.7. The molecule has 0 atom stereocenters. The summed E-state index contributed by atoms with van der Waals surface area (Å²) in [5.41, 5.74) is 0. The number of hydrogen-bond donors (Lipinski definition) is 0. The van der Waals surface area contributed by atoms with E-state index in [0.717, 1.165) is 18.2 Å². The van der Waals surface area contributed by atoms with Gasteiger partial charge < -0.3 is 4.74 Å². The number of hydrogen-bond acceptors (Lipinski definition) is 3. The average Bonchev–Trinajstić information content (AvgIpc) is 2.19. The molecule has 0 heterocycles. The molecule has 0 N–H and O–H groups in total. The van der Waals surface area contributed by atoms with E-state index >= 15 is 0 Å². The normalized spacial score (nSPS) is 11.4. The van der Waals surface area contributed by atoms with Gasteiger partial charge in [0.05, 0.1) is 13.3 Å². The van der Waals surface area contributed by atoms with Crippen LogP contribution >= 0.6 is 10.7 Å². The third-order valence-corrected chi connectivity index (χ3v) is 3.05. The predicted molar refractivity (Wildman–Crippen MR) is 55.5 cm³/mol. The molecular formula is C9H9ClF2O3S. The second-order valence-electron chi connectivity index (χ2n) is 2.92. The van der Waals surface area contributed by atoms with Crippen LogP contribution in [0.5, 0.6) is 5.75 Å². The van der Waals surface area contributed by atoms with Gasteiger partial charge in [-0.3, -0.25) is 4.39 Å². The molecule has 0 saturated heterocycles. The smallest absolute Gasteiger partial charge is 0.265 e. The Kier molecular flexibility index (Phi) is 4.49. The van der Waals surface area contributed by atoms with Gasteiger partial charge in [0.1, 0.15) is 16.5 Å². The topological polar surface area (TPSA) is 43.4 Å². The predicted octanol–water partition coefficient (Wildman–Crippen LogP) is 2.49. The van der Waals surface area contributed by atoms with Crippen molar-refractivity contribution in [2.24, 2.45) is 0 Å². The first-order chi connectivity index (χ1) is 7.45. The molecule has 90 valence electrons. The summed E-state index contributed by atoms with van der Waals surface area (Å²) in [6.07, 6.45) is 0.124. The maximum absolute atomic E-state index is 12.8. The summed E-state index contributed by atoms with van der Waals surface area (Å²) in [4.78, 5) is -0.451. The first-order valence-electron chi connectivity index (χ1n) is 4.38. The molecule has 0 radical (unpaired) electrons. The van der Waals surface area contributed by atoms with Crippen LogP contribution in [0, 0.1) is 5.82 Å². The summed E-state index contributed by atoms with van der Waals surface area (Å²) >= 11 is 0. The van der Waals surface area contributed by atoms with Gasteiger partial charge in [-0.1, -0.05) is 0 Å². The molecule has 1 aromatic carbocycles. The standard InChI is InChI=1S/C9H9ClF2O3S/c10-16(13,14)9-6-7(12)2-3-8(9)15-5-1-4-11/h2-3,6H,1,4-5H2. The Balaban J connectivity index is 2.99. The largest absolute Gasteiger partial charge is 0.492 e. The van der Waals surface area contributed by atoms with Gasteiger partial charge in [-0.2, -0.15) is 0 Å². The molecule has 7 heteroatoms. The van der Waals surface area contributed by atoms with E-state index < -0.39 is 26.4 Å². The second kappa shape index (κ2) is 5.45. The number of alkyl halides is 1. The van der Waals surface area contributed by atoms with Crippen LogP contribution in [0.15, 0.2) is 23.1 Å². The van der Waals surface area contributed by atoms with Gasteiger partial charge in [0, 0.05) is 17.1 Å². The summed E-state index contributed by atoms with van der Waals surface area (Å²) in [7, 11) is 1.02. The molecule has 1 aromatic rings. The van der Waals surface area contributed by atoms with Crippen LogP contribution in [0.2, 0.25) is 0 Å². The molecule has 0 aliphatic heterocycles. The molecule has 0 aliphatic carbocycles. The zero-order valence-electron chi connectivity index (χ0n) is 8.12. The van der Waals surface area contributed by atoms with Crippen molar-refractivity contribution in [1.82, 2.24) is 0 Å². The van der Waals surface area contributed by atoms with E-state index in [4.69, 9.17) is 15.4 Å². The maximum Gasteiger partial charge on any atom is 0.265 e. The number of ether oxygens (including phenoxy) is 1. The minimum Gasteiger partial charge on any atom is -0.492 e. The Morgan fingerprint density at radius 1 is 1.38 bits per heavy atom. The van der Waals surface area contributed by atoms with Crippen LogP contribution in [-0.2, 0) is 9.05 Å². The molecule has 0 aliphatic rings. The fraction of sp³-hybridized carbons (Fsp3) is 0.333. The van der Waals surface area contributed by atoms with Gasteiger partial charge in [-0.15, -0.1) is 0 Å². The van der Waals surface area contributed by atoms with Crippen LogP contribution in [0.25, 0.3) is 0 Å². The molecule has 0 spiro atoms. The van der Waals surface area contributed by atoms with Crippen LogP contribution in [-0.4, -0.2) is 21.7 Å². The van der Waals surface area contributed by atoms with Crippen molar-refractivity contribution in [3.8, 4) is 5.75 Å². The van der Waals surface area contributed by atoms with Crippen molar-refractivity contribution in [2.45, 2.75) is 11.3 Å². The summed E-state index contributed by atoms with van der Waals surface area (Å²) < 4.78 is 51.8. The quantitative estimate of drug-likeness (QED) is 0.610. The van der Waals surface area contributed by atoms with Gasteiger partial charge in [0.25, 0.3) is 9.05 Å². The Morgan fingerprint density at radius 2 is 2.06 bits per heavy atom. The second-order valence-corrected chi connectivity index (χ2v) is 5.45. The average molecular weight is 271 g/mol. The Bertz CT molecular complexity index is 462. The van der Waals surface area contributed by atoms with Gasteiger partial charge in [0.2, 0.25) is 0 Å². The van der Waals surface area contributed by atoms with Crippen LogP contribution < -0.4 is 4.74 Å². The fourth-order valence-corrected chi connectivity index (χ4v) is 2.01. The molecule has 0 bridgehead atoms. The summed E-state index contributed by atoms with van der Waals surface area (Å²) in [6.45, 7) is -0.578. The van der Waals surface area contributed by atoms with Gasteiger partial charge in [0.15, 0.2) is 0 Å². The molecule has 3 nitrogen and oxygen atoms in total. The van der Waals surface area contributed by atoms with E-state index in [-0.39, 0.29) is 18.8 Å². The molecule has 0 unspecified atom stereocenters. The van der Waals surface area contributed by atoms with E-state index in [1.54, 1.807) is 0 Å². The Labute approximate surface area is 96.4 Å². The van der Waals surface area contributed by atoms with E-state index in [9.17, 15) is 17.2 Å². The molecular weight excluding hydrogens is 262 g/mol. The van der Waals surface area contributed by atoms with E-state index in [1.165, 1.54) is 0 Å². The monoisotopic (exact) mass is 270 g/mol. The zero-order valence-corrected chi connectivity index (χ0v) is 9.69. The lowest BCUT2D eigenvalue weighted by molar-refractivity contribution is 0.283. The zero-order chi connectivity index (χ0) is 12.2. The molecule has 0 saturated carbocycles. The summed E-state index contributed by atoms with van der Waals surface area (Å²) in [5.74, 6) is -0.818. The van der Waals surface area contributed by atoms with Gasteiger partial charge in [-0.05, 0) is 18.2 Å². The van der Waals surface area contributed by atoms with Crippen molar-refractivity contribution in [1.29, 1.82) is 0 Å². The lowest BCUT2D eigenvalue weighted by atomic mass is 10.3. The molecule has 16 heavy (non-hydrogen) atoms. The molecule has 0 aromatic heterocycles. The lowest BCUT2D eigenvalue weighted by Crippen LogP contribution is -2.03. The maximum atomic E-state index is 12.8. The Hall–Kier alpha value is -0.880. The Morgan fingerprint density at radius 3 is 2.62 bits per heavy atom. The third kappa shape index (κ3) is 3.61. The fourth-order valence-electron chi connectivity index (χ4n) is 1.03. The first kappa shape index (κ1) is 13.2. The highest BCUT2D eigenvalue weighted by Gasteiger charge is 2.17. The number of rotatable bonds is 5. The van der Waals surface area contributed by atoms with Crippen molar-refractivity contribution in [3.63, 3.8) is 0 Å². The van der Waals surface area contributed by atoms with Crippen molar-refractivity contribution >= 4 is 19.7 Å². The number of halogens is 3. The minimum absolute atomic E-state index is 0.00153. The highest BCUT2D eigenvalue weighted by Crippen LogP contribution is 2.27. The van der Waals surface area contributed by atoms with E-state index in [1.807, 2.05) is 0 Å². The van der Waals surface area contributed by atoms with E-state index in [2.05, 4.69) is 0 Å². The van der Waals surface area contributed by atoms with Crippen molar-refractivity contribution in [2.75, 3.05) is 13.3 Å². The summed E-state index contributed by atoms with van der Waals surface area (Å²) in [5, 5.41) is 0. The lowest BCUT2D eigenvalue weighted by Gasteiger charge is -2.08. The molecule has 1 rings (SSSR count). The van der Waals surface area contributed by atoms with Gasteiger partial charge >= 0.3 is 0 Å². The SMILES string of the molecule is O=S(=O)(Cl)c1cc(F)ccc1OCCCF.